The van der Waals surface area contributed by atoms with Crippen LogP contribution in [-0.2, 0) is 27.2 Å². The van der Waals surface area contributed by atoms with E-state index in [-0.39, 0.29) is 48.9 Å². The Morgan fingerprint density at radius 2 is 1.82 bits per heavy atom. The summed E-state index contributed by atoms with van der Waals surface area (Å²) in [5.41, 5.74) is 4.49. The third-order valence-corrected chi connectivity index (χ3v) is 10.3. The number of phenols is 1. The van der Waals surface area contributed by atoms with Gasteiger partial charge < -0.3 is 34.7 Å². The fraction of sp³-hybridized carbons (Fsp3) is 0.556. The second-order valence-corrected chi connectivity index (χ2v) is 14.0. The van der Waals surface area contributed by atoms with E-state index in [4.69, 9.17) is 18.9 Å². The van der Waals surface area contributed by atoms with Gasteiger partial charge in [0.2, 0.25) is 18.6 Å². The van der Waals surface area contributed by atoms with Crippen LogP contribution in [-0.4, -0.2) is 84.4 Å². The van der Waals surface area contributed by atoms with E-state index in [1.165, 1.54) is 14.0 Å². The number of ether oxygens (including phenoxy) is 4. The summed E-state index contributed by atoms with van der Waals surface area (Å²) in [4.78, 5) is 42.8. The average molecular weight is 676 g/mol. The minimum absolute atomic E-state index is 0.0381. The zero-order valence-corrected chi connectivity index (χ0v) is 29.3. The fourth-order valence-electron chi connectivity index (χ4n) is 8.40. The number of phenolic OH excluding ortho intramolecular Hbond substituents is 1. The molecule has 0 aromatic heterocycles. The van der Waals surface area contributed by atoms with Gasteiger partial charge in [-0.1, -0.05) is 19.9 Å². The number of hydrogen-bond acceptors (Lipinski definition) is 11. The van der Waals surface area contributed by atoms with Gasteiger partial charge in [-0.3, -0.25) is 24.2 Å². The molecule has 0 radical (unpaired) electrons. The number of aromatic hydroxyl groups is 1. The Hall–Kier alpha value is -4.54. The van der Waals surface area contributed by atoms with Gasteiger partial charge in [0.25, 0.3) is 0 Å². The van der Waals surface area contributed by atoms with Crippen LogP contribution in [0.5, 0.6) is 28.7 Å². The number of carbonyl (C=O) groups is 3. The highest BCUT2D eigenvalue weighted by molar-refractivity contribution is 5.87. The van der Waals surface area contributed by atoms with Gasteiger partial charge in [0.1, 0.15) is 17.8 Å². The minimum atomic E-state index is -0.803. The molecule has 6 rings (SSSR count). The maximum Gasteiger partial charge on any atom is 0.308 e. The highest BCUT2D eigenvalue weighted by atomic mass is 16.7. The van der Waals surface area contributed by atoms with Crippen molar-refractivity contribution in [3.8, 4) is 34.8 Å². The van der Waals surface area contributed by atoms with Crippen molar-refractivity contribution in [3.63, 3.8) is 0 Å². The molecule has 2 aromatic rings. The number of methoxy groups -OCH3 is 1. The molecule has 1 fully saturated rings. The van der Waals surface area contributed by atoms with Crippen LogP contribution in [0.1, 0.15) is 79.6 Å². The Morgan fingerprint density at radius 1 is 1.10 bits per heavy atom. The predicted octanol–water partition coefficient (Wildman–Crippen LogP) is 3.11. The molecule has 4 aliphatic rings. The number of nitrogens with one attached hydrogen (secondary N) is 2. The van der Waals surface area contributed by atoms with Crippen LogP contribution in [0.4, 0.5) is 0 Å². The largest absolute Gasteiger partial charge is 0.504 e. The Balaban J connectivity index is 1.50. The Labute approximate surface area is 286 Å². The molecule has 4 heterocycles. The molecule has 6 atom stereocenters. The summed E-state index contributed by atoms with van der Waals surface area (Å²) in [6.07, 6.45) is 1.15. The maximum atomic E-state index is 13.5. The number of rotatable bonds is 8. The maximum absolute atomic E-state index is 13.5. The first-order valence-electron chi connectivity index (χ1n) is 16.8. The number of fused-ring (bicyclic) bond motifs is 9. The number of hydrogen-bond donors (Lipinski definition) is 3. The zero-order chi connectivity index (χ0) is 35.5. The summed E-state index contributed by atoms with van der Waals surface area (Å²) >= 11 is 0. The van der Waals surface area contributed by atoms with E-state index in [0.29, 0.717) is 59.0 Å². The smallest absolute Gasteiger partial charge is 0.308 e. The van der Waals surface area contributed by atoms with Crippen LogP contribution < -0.4 is 29.6 Å². The zero-order valence-electron chi connectivity index (χ0n) is 29.3. The van der Waals surface area contributed by atoms with Crippen LogP contribution in [0.2, 0.25) is 0 Å². The van der Waals surface area contributed by atoms with Gasteiger partial charge in [-0.15, -0.1) is 0 Å². The minimum Gasteiger partial charge on any atom is -0.504 e. The summed E-state index contributed by atoms with van der Waals surface area (Å²) in [6, 6.07) is 1.52. The molecule has 2 aromatic carbocycles. The molecule has 13 heteroatoms. The molecule has 2 bridgehead atoms. The molecular formula is C36H45N5O8. The highest BCUT2D eigenvalue weighted by Gasteiger charge is 2.57. The van der Waals surface area contributed by atoms with Gasteiger partial charge in [0, 0.05) is 54.2 Å². The predicted molar refractivity (Wildman–Crippen MR) is 178 cm³/mol. The van der Waals surface area contributed by atoms with Crippen molar-refractivity contribution in [2.24, 2.45) is 5.92 Å². The summed E-state index contributed by atoms with van der Waals surface area (Å²) in [5.74, 6) is 0.791. The molecular weight excluding hydrogens is 630 g/mol. The molecule has 0 saturated carbocycles. The van der Waals surface area contributed by atoms with Gasteiger partial charge in [-0.25, -0.2) is 0 Å². The van der Waals surface area contributed by atoms with Crippen molar-refractivity contribution >= 4 is 17.8 Å². The third-order valence-electron chi connectivity index (χ3n) is 10.3. The van der Waals surface area contributed by atoms with Crippen LogP contribution >= 0.6 is 0 Å². The normalized spacial score (nSPS) is 24.2. The monoisotopic (exact) mass is 675 g/mol. The van der Waals surface area contributed by atoms with E-state index < -0.39 is 30.1 Å². The average Bonchev–Trinajstić information content (AvgIpc) is 3.52. The van der Waals surface area contributed by atoms with Crippen LogP contribution in [0.25, 0.3) is 0 Å². The molecule has 13 nitrogen and oxygen atoms in total. The van der Waals surface area contributed by atoms with E-state index in [9.17, 15) is 24.8 Å². The number of piperazine rings is 1. The number of carbonyl (C=O) groups excluding carboxylic acids is 3. The molecule has 1 saturated heterocycles. The van der Waals surface area contributed by atoms with E-state index >= 15 is 0 Å². The first-order chi connectivity index (χ1) is 23.3. The van der Waals surface area contributed by atoms with Crippen molar-refractivity contribution in [1.29, 1.82) is 5.26 Å². The number of nitriles is 1. The lowest BCUT2D eigenvalue weighted by atomic mass is 9.71. The molecule has 4 aliphatic heterocycles. The highest BCUT2D eigenvalue weighted by Crippen LogP contribution is 2.58. The number of aryl methyl sites for hydroxylation is 1. The van der Waals surface area contributed by atoms with Crippen LogP contribution in [0, 0.1) is 31.1 Å². The molecule has 262 valence electrons. The summed E-state index contributed by atoms with van der Waals surface area (Å²) in [5, 5.41) is 28.4. The lowest BCUT2D eigenvalue weighted by Crippen LogP contribution is -2.69. The van der Waals surface area contributed by atoms with Crippen LogP contribution in [0.15, 0.2) is 6.07 Å². The van der Waals surface area contributed by atoms with Gasteiger partial charge in [0.15, 0.2) is 23.0 Å². The fourth-order valence-corrected chi connectivity index (χ4v) is 8.40. The molecule has 0 aliphatic carbocycles. The first kappa shape index (κ1) is 34.3. The van der Waals surface area contributed by atoms with Crippen molar-refractivity contribution in [3.05, 3.63) is 39.4 Å². The summed E-state index contributed by atoms with van der Waals surface area (Å²) in [7, 11) is 3.50. The molecule has 2 amide bonds. The Kier molecular flexibility index (Phi) is 9.15. The third kappa shape index (κ3) is 5.70. The van der Waals surface area contributed by atoms with E-state index in [2.05, 4.69) is 26.5 Å². The van der Waals surface area contributed by atoms with Gasteiger partial charge in [-0.2, -0.15) is 5.26 Å². The lowest BCUT2D eigenvalue weighted by molar-refractivity contribution is -0.132. The van der Waals surface area contributed by atoms with Crippen LogP contribution in [0.3, 0.4) is 0 Å². The molecule has 0 spiro atoms. The number of benzene rings is 2. The number of likely N-dealkylation sites (N-methyl/N-ethyl adjacent to an activating group) is 1. The van der Waals surface area contributed by atoms with Gasteiger partial charge in [-0.05, 0) is 57.7 Å². The Bertz CT molecular complexity index is 1750. The lowest BCUT2D eigenvalue weighted by Gasteiger charge is -2.60. The van der Waals surface area contributed by atoms with E-state index in [1.807, 2.05) is 40.8 Å². The molecule has 49 heavy (non-hydrogen) atoms. The van der Waals surface area contributed by atoms with Gasteiger partial charge >= 0.3 is 5.97 Å². The quantitative estimate of drug-likeness (QED) is 0.278. The first-order valence-corrected chi connectivity index (χ1v) is 16.8. The van der Waals surface area contributed by atoms with Gasteiger partial charge in [0.05, 0.1) is 25.3 Å². The van der Waals surface area contributed by atoms with E-state index in [0.717, 1.165) is 16.7 Å². The van der Waals surface area contributed by atoms with Crippen molar-refractivity contribution in [2.75, 3.05) is 27.5 Å². The van der Waals surface area contributed by atoms with E-state index in [1.54, 1.807) is 6.92 Å². The van der Waals surface area contributed by atoms with Crippen molar-refractivity contribution in [2.45, 2.75) is 97.1 Å². The number of esters is 1. The second-order valence-electron chi connectivity index (χ2n) is 14.0. The SMILES string of the molecule is COc1c(C)cc2c(c1O)[C@@H]1C3Cc4c(OC(C)=O)c(C)c5c(c4[C@H](CNC(=O)C(C)NC(=O)CC(C)C)N3[C@@H](C#N)[C@H](C2)N1C)OCO5. The Morgan fingerprint density at radius 3 is 2.47 bits per heavy atom. The standard InChI is InChI=1S/C36H45N5O8/c1-16(2)9-27(43)39-19(5)36(45)38-14-26-29-22(33(49-20(6)42)18(4)34-35(29)48-15-47-34)12-24-30-28-21(10-17(3)32(46-8)31(28)44)11-23(40(30)7)25(13-37)41(24)26/h10,16,19,23-26,30,44H,9,11-12,14-15H2,1-8H3,(H,38,45)(H,39,43)/t19?,23-,24?,25-,26-,30-/m0/s1. The van der Waals surface area contributed by atoms with Crippen molar-refractivity contribution < 1.29 is 38.4 Å². The summed E-state index contributed by atoms with van der Waals surface area (Å²) in [6.45, 7) is 10.6. The molecule has 2 unspecified atom stereocenters. The summed E-state index contributed by atoms with van der Waals surface area (Å²) < 4.78 is 23.5. The topological polar surface area (TPSA) is 163 Å². The number of amides is 2. The van der Waals surface area contributed by atoms with Crippen molar-refractivity contribution in [1.82, 2.24) is 20.4 Å². The number of nitrogens with zero attached hydrogens (tertiary/aromatic N) is 3. The second kappa shape index (κ2) is 13.1. The molecule has 3 N–H and O–H groups in total.